The summed E-state index contributed by atoms with van der Waals surface area (Å²) in [6.45, 7) is 6.12. The van der Waals surface area contributed by atoms with E-state index in [4.69, 9.17) is 5.73 Å². The van der Waals surface area contributed by atoms with Crippen molar-refractivity contribution in [3.8, 4) is 11.8 Å². The van der Waals surface area contributed by atoms with Gasteiger partial charge >= 0.3 is 0 Å². The van der Waals surface area contributed by atoms with Gasteiger partial charge in [0.05, 0.1) is 15.4 Å². The first-order valence-electron chi connectivity index (χ1n) is 4.30. The first kappa shape index (κ1) is 10.8. The fourth-order valence-electron chi connectivity index (χ4n) is 0.822. The molecular weight excluding hydrogens is 194 g/mol. The molecule has 0 aliphatic rings. The number of anilines is 1. The van der Waals surface area contributed by atoms with Crippen LogP contribution < -0.4 is 5.73 Å². The van der Waals surface area contributed by atoms with E-state index in [0.29, 0.717) is 10.6 Å². The van der Waals surface area contributed by atoms with Crippen LogP contribution in [0.4, 0.5) is 5.69 Å². The van der Waals surface area contributed by atoms with Crippen molar-refractivity contribution >= 4 is 23.3 Å². The van der Waals surface area contributed by atoms with Crippen LogP contribution in [0.3, 0.4) is 0 Å². The highest BCUT2D eigenvalue weighted by atomic mass is 32.1. The summed E-state index contributed by atoms with van der Waals surface area (Å²) in [5, 5.41) is 0. The highest BCUT2D eigenvalue weighted by molar-refractivity contribution is 7.14. The van der Waals surface area contributed by atoms with Crippen LogP contribution in [0.15, 0.2) is 6.07 Å². The van der Waals surface area contributed by atoms with Crippen molar-refractivity contribution in [2.75, 3.05) is 5.73 Å². The Morgan fingerprint density at radius 3 is 2.57 bits per heavy atom. The Morgan fingerprint density at radius 2 is 2.14 bits per heavy atom. The molecule has 0 fully saturated rings. The predicted octanol–water partition coefficient (Wildman–Crippen LogP) is 2.54. The molecule has 1 heterocycles. The molecule has 2 nitrogen and oxygen atoms in total. The molecule has 1 rings (SSSR count). The average molecular weight is 207 g/mol. The monoisotopic (exact) mass is 207 g/mol. The number of hydrogen-bond acceptors (Lipinski definition) is 3. The van der Waals surface area contributed by atoms with Crippen molar-refractivity contribution < 1.29 is 4.79 Å². The second-order valence-corrected chi connectivity index (χ2v) is 5.13. The Bertz CT molecular complexity index is 401. The summed E-state index contributed by atoms with van der Waals surface area (Å²) in [6.07, 6.45) is 0.766. The smallest absolute Gasteiger partial charge is 0.162 e. The highest BCUT2D eigenvalue weighted by Crippen LogP contribution is 2.22. The van der Waals surface area contributed by atoms with Crippen molar-refractivity contribution in [2.24, 2.45) is 5.41 Å². The van der Waals surface area contributed by atoms with E-state index in [1.807, 2.05) is 20.8 Å². The maximum Gasteiger partial charge on any atom is 0.162 e. The Kier molecular flexibility index (Phi) is 2.97. The third kappa shape index (κ3) is 2.90. The molecule has 0 aromatic carbocycles. The van der Waals surface area contributed by atoms with E-state index < -0.39 is 0 Å². The lowest BCUT2D eigenvalue weighted by molar-refractivity contribution is 0.112. The third-order valence-electron chi connectivity index (χ3n) is 1.46. The number of nitrogen functional groups attached to an aromatic ring is 1. The van der Waals surface area contributed by atoms with Crippen LogP contribution in [0.1, 0.15) is 35.3 Å². The standard InChI is InChI=1S/C11H13NOS/c1-11(2,3)5-4-8-6-9(12)10(7-13)14-8/h6-7H,12H2,1-3H3. The summed E-state index contributed by atoms with van der Waals surface area (Å²) in [5.74, 6) is 6.10. The zero-order valence-electron chi connectivity index (χ0n) is 8.55. The summed E-state index contributed by atoms with van der Waals surface area (Å²) in [4.78, 5) is 11.9. The summed E-state index contributed by atoms with van der Waals surface area (Å²) >= 11 is 1.33. The van der Waals surface area contributed by atoms with Gasteiger partial charge in [0.15, 0.2) is 6.29 Å². The molecule has 0 saturated carbocycles. The van der Waals surface area contributed by atoms with E-state index >= 15 is 0 Å². The molecule has 1 aromatic rings. The molecule has 1 aromatic heterocycles. The molecule has 0 radical (unpaired) electrons. The average Bonchev–Trinajstić information content (AvgIpc) is 2.42. The number of carbonyl (C=O) groups excluding carboxylic acids is 1. The predicted molar refractivity (Wildman–Crippen MR) is 60.5 cm³/mol. The Hall–Kier alpha value is -1.27. The van der Waals surface area contributed by atoms with Gasteiger partial charge in [-0.2, -0.15) is 0 Å². The molecule has 0 atom stereocenters. The number of aldehydes is 1. The highest BCUT2D eigenvalue weighted by Gasteiger charge is 2.06. The van der Waals surface area contributed by atoms with E-state index in [2.05, 4.69) is 11.8 Å². The second-order valence-electron chi connectivity index (χ2n) is 4.05. The third-order valence-corrected chi connectivity index (χ3v) is 2.45. The van der Waals surface area contributed by atoms with Crippen LogP contribution >= 0.6 is 11.3 Å². The summed E-state index contributed by atoms with van der Waals surface area (Å²) in [6, 6.07) is 1.74. The van der Waals surface area contributed by atoms with Crippen LogP contribution in [0.5, 0.6) is 0 Å². The second kappa shape index (κ2) is 3.85. The summed E-state index contributed by atoms with van der Waals surface area (Å²) < 4.78 is 0. The molecule has 2 N–H and O–H groups in total. The molecule has 0 aliphatic carbocycles. The minimum atomic E-state index is -0.0277. The number of hydrogen-bond donors (Lipinski definition) is 1. The molecular formula is C11H13NOS. The molecule has 0 saturated heterocycles. The van der Waals surface area contributed by atoms with Crippen molar-refractivity contribution in [1.29, 1.82) is 0 Å². The maximum atomic E-state index is 10.5. The van der Waals surface area contributed by atoms with Crippen LogP contribution in [0.2, 0.25) is 0 Å². The number of rotatable bonds is 1. The van der Waals surface area contributed by atoms with Crippen molar-refractivity contribution in [3.63, 3.8) is 0 Å². The Balaban J connectivity index is 2.97. The summed E-state index contributed by atoms with van der Waals surface area (Å²) in [5.41, 5.74) is 6.09. The van der Waals surface area contributed by atoms with Gasteiger partial charge < -0.3 is 5.73 Å². The zero-order chi connectivity index (χ0) is 10.8. The lowest BCUT2D eigenvalue weighted by Crippen LogP contribution is -1.98. The molecule has 74 valence electrons. The molecule has 0 aliphatic heterocycles. The Morgan fingerprint density at radius 1 is 1.50 bits per heavy atom. The van der Waals surface area contributed by atoms with Crippen molar-refractivity contribution in [3.05, 3.63) is 15.8 Å². The van der Waals surface area contributed by atoms with E-state index in [-0.39, 0.29) is 5.41 Å². The molecule has 0 unspecified atom stereocenters. The first-order valence-corrected chi connectivity index (χ1v) is 5.12. The van der Waals surface area contributed by atoms with Crippen molar-refractivity contribution in [1.82, 2.24) is 0 Å². The van der Waals surface area contributed by atoms with Gasteiger partial charge in [-0.15, -0.1) is 11.3 Å². The number of nitrogens with two attached hydrogens (primary N) is 1. The van der Waals surface area contributed by atoms with Gasteiger partial charge in [0, 0.05) is 5.41 Å². The normalized spacial score (nSPS) is 10.5. The van der Waals surface area contributed by atoms with Gasteiger partial charge in [0.1, 0.15) is 0 Å². The van der Waals surface area contributed by atoms with Crippen LogP contribution in [-0.2, 0) is 0 Å². The topological polar surface area (TPSA) is 43.1 Å². The molecule has 0 spiro atoms. The number of thiophene rings is 1. The van der Waals surface area contributed by atoms with E-state index in [9.17, 15) is 4.79 Å². The zero-order valence-corrected chi connectivity index (χ0v) is 9.37. The van der Waals surface area contributed by atoms with Gasteiger partial charge in [-0.1, -0.05) is 11.8 Å². The molecule has 3 heteroatoms. The van der Waals surface area contributed by atoms with Crippen LogP contribution in [0, 0.1) is 17.3 Å². The molecule has 0 amide bonds. The van der Waals surface area contributed by atoms with E-state index in [1.54, 1.807) is 6.07 Å². The first-order chi connectivity index (χ1) is 6.42. The van der Waals surface area contributed by atoms with E-state index in [1.165, 1.54) is 11.3 Å². The largest absolute Gasteiger partial charge is 0.397 e. The molecule has 0 bridgehead atoms. The lowest BCUT2D eigenvalue weighted by atomic mass is 9.98. The van der Waals surface area contributed by atoms with Gasteiger partial charge in [0.25, 0.3) is 0 Å². The number of carbonyl (C=O) groups is 1. The van der Waals surface area contributed by atoms with Crippen LogP contribution in [-0.4, -0.2) is 6.29 Å². The van der Waals surface area contributed by atoms with Gasteiger partial charge in [-0.05, 0) is 26.8 Å². The fraction of sp³-hybridized carbons (Fsp3) is 0.364. The quantitative estimate of drug-likeness (QED) is 0.568. The van der Waals surface area contributed by atoms with Gasteiger partial charge in [0.2, 0.25) is 0 Å². The van der Waals surface area contributed by atoms with Crippen molar-refractivity contribution in [2.45, 2.75) is 20.8 Å². The Labute approximate surface area is 88.1 Å². The van der Waals surface area contributed by atoms with Gasteiger partial charge in [-0.3, -0.25) is 4.79 Å². The van der Waals surface area contributed by atoms with Gasteiger partial charge in [-0.25, -0.2) is 0 Å². The fourth-order valence-corrected chi connectivity index (χ4v) is 1.57. The summed E-state index contributed by atoms with van der Waals surface area (Å²) in [7, 11) is 0. The van der Waals surface area contributed by atoms with E-state index in [0.717, 1.165) is 11.2 Å². The van der Waals surface area contributed by atoms with Crippen LogP contribution in [0.25, 0.3) is 0 Å². The maximum absolute atomic E-state index is 10.5. The minimum absolute atomic E-state index is 0.0277. The molecule has 14 heavy (non-hydrogen) atoms. The SMILES string of the molecule is CC(C)(C)C#Cc1cc(N)c(C=O)s1. The lowest BCUT2D eigenvalue weighted by Gasteiger charge is -2.06. The minimum Gasteiger partial charge on any atom is -0.397 e.